The predicted octanol–water partition coefficient (Wildman–Crippen LogP) is 4.51. The molecule has 2 N–H and O–H groups in total. The monoisotopic (exact) mass is 341 g/mol. The van der Waals surface area contributed by atoms with Gasteiger partial charge in [-0.1, -0.05) is 48.0 Å². The van der Waals surface area contributed by atoms with Crippen LogP contribution in [0.4, 0.5) is 5.69 Å². The molecule has 1 aliphatic carbocycles. The third-order valence-corrected chi connectivity index (χ3v) is 4.40. The summed E-state index contributed by atoms with van der Waals surface area (Å²) in [5, 5.41) is 12.4. The molecule has 0 fully saturated rings. The van der Waals surface area contributed by atoms with Crippen molar-refractivity contribution in [3.63, 3.8) is 0 Å². The predicted molar refractivity (Wildman–Crippen MR) is 94.0 cm³/mol. The first-order valence-electron chi connectivity index (χ1n) is 7.68. The molecule has 0 unspecified atom stereocenters. The molecule has 0 radical (unpaired) electrons. The Kier molecular flexibility index (Phi) is 4.67. The molecule has 122 valence electrons. The Bertz CT molecular complexity index is 828. The fourth-order valence-electron chi connectivity index (χ4n) is 2.86. The van der Waals surface area contributed by atoms with E-state index in [0.29, 0.717) is 35.5 Å². The van der Waals surface area contributed by atoms with Crippen LogP contribution in [-0.2, 0) is 9.59 Å². The minimum absolute atomic E-state index is 0.197. The molecule has 0 aliphatic heterocycles. The van der Waals surface area contributed by atoms with Gasteiger partial charge in [0.15, 0.2) is 0 Å². The van der Waals surface area contributed by atoms with Gasteiger partial charge in [-0.05, 0) is 42.5 Å². The lowest BCUT2D eigenvalue weighted by molar-refractivity contribution is -0.133. The fraction of sp³-hybridized carbons (Fsp3) is 0.158. The van der Waals surface area contributed by atoms with E-state index < -0.39 is 11.9 Å². The van der Waals surface area contributed by atoms with Crippen LogP contribution in [0.3, 0.4) is 0 Å². The average Bonchev–Trinajstić information content (AvgIpc) is 3.08. The zero-order chi connectivity index (χ0) is 17.1. The molecule has 0 spiro atoms. The van der Waals surface area contributed by atoms with Gasteiger partial charge in [0.2, 0.25) is 0 Å². The number of rotatable bonds is 4. The van der Waals surface area contributed by atoms with E-state index in [1.165, 1.54) is 0 Å². The van der Waals surface area contributed by atoms with E-state index in [0.717, 1.165) is 11.1 Å². The van der Waals surface area contributed by atoms with Crippen LogP contribution in [0.25, 0.3) is 11.1 Å². The first kappa shape index (κ1) is 16.3. The van der Waals surface area contributed by atoms with Crippen molar-refractivity contribution < 1.29 is 14.7 Å². The van der Waals surface area contributed by atoms with Crippen LogP contribution >= 0.6 is 11.6 Å². The van der Waals surface area contributed by atoms with Crippen LogP contribution in [-0.4, -0.2) is 17.0 Å². The first-order chi connectivity index (χ1) is 11.6. The SMILES string of the molecule is O=C(O)C1=C(C(=O)Nc2cc(-c3ccccc3)ccc2Cl)CCC1. The van der Waals surface area contributed by atoms with Crippen molar-refractivity contribution in [1.82, 2.24) is 0 Å². The second kappa shape index (κ2) is 6.89. The molecule has 0 heterocycles. The number of benzene rings is 2. The number of anilines is 1. The molecule has 4 nitrogen and oxygen atoms in total. The maximum absolute atomic E-state index is 12.4. The van der Waals surface area contributed by atoms with Gasteiger partial charge in [-0.2, -0.15) is 0 Å². The smallest absolute Gasteiger partial charge is 0.332 e. The van der Waals surface area contributed by atoms with Gasteiger partial charge in [-0.3, -0.25) is 4.79 Å². The summed E-state index contributed by atoms with van der Waals surface area (Å²) in [5.41, 5.74) is 2.95. The van der Waals surface area contributed by atoms with E-state index in [-0.39, 0.29) is 5.57 Å². The van der Waals surface area contributed by atoms with Crippen molar-refractivity contribution in [3.8, 4) is 11.1 Å². The third kappa shape index (κ3) is 3.34. The van der Waals surface area contributed by atoms with Crippen molar-refractivity contribution in [2.24, 2.45) is 0 Å². The molecule has 0 aromatic heterocycles. The Balaban J connectivity index is 1.89. The van der Waals surface area contributed by atoms with Crippen LogP contribution in [0.2, 0.25) is 5.02 Å². The van der Waals surface area contributed by atoms with Crippen LogP contribution in [0, 0.1) is 0 Å². The summed E-state index contributed by atoms with van der Waals surface area (Å²) >= 11 is 6.19. The van der Waals surface area contributed by atoms with Crippen LogP contribution < -0.4 is 5.32 Å². The van der Waals surface area contributed by atoms with Gasteiger partial charge >= 0.3 is 5.97 Å². The maximum Gasteiger partial charge on any atom is 0.332 e. The van der Waals surface area contributed by atoms with Crippen molar-refractivity contribution in [2.45, 2.75) is 19.3 Å². The topological polar surface area (TPSA) is 66.4 Å². The number of carbonyl (C=O) groups excluding carboxylic acids is 1. The molecule has 2 aromatic carbocycles. The fourth-order valence-corrected chi connectivity index (χ4v) is 3.02. The summed E-state index contributed by atoms with van der Waals surface area (Å²) in [6.45, 7) is 0. The molecule has 1 aliphatic rings. The highest BCUT2D eigenvalue weighted by molar-refractivity contribution is 6.34. The third-order valence-electron chi connectivity index (χ3n) is 4.07. The van der Waals surface area contributed by atoms with Crippen molar-refractivity contribution in [1.29, 1.82) is 0 Å². The lowest BCUT2D eigenvalue weighted by Crippen LogP contribution is -2.16. The van der Waals surface area contributed by atoms with Gasteiger partial charge in [0.1, 0.15) is 0 Å². The average molecular weight is 342 g/mol. The second-order valence-electron chi connectivity index (χ2n) is 5.63. The molecule has 2 aromatic rings. The minimum atomic E-state index is -1.03. The van der Waals surface area contributed by atoms with E-state index in [9.17, 15) is 14.7 Å². The summed E-state index contributed by atoms with van der Waals surface area (Å²) in [7, 11) is 0. The lowest BCUT2D eigenvalue weighted by Gasteiger charge is -2.11. The molecule has 5 heteroatoms. The van der Waals surface area contributed by atoms with Crippen LogP contribution in [0.1, 0.15) is 19.3 Å². The van der Waals surface area contributed by atoms with Crippen molar-refractivity contribution >= 4 is 29.2 Å². The summed E-state index contributed by atoms with van der Waals surface area (Å²) in [4.78, 5) is 23.6. The zero-order valence-electron chi connectivity index (χ0n) is 12.9. The molecule has 0 bridgehead atoms. The van der Waals surface area contributed by atoms with Crippen molar-refractivity contribution in [3.05, 3.63) is 64.7 Å². The number of carboxylic acids is 1. The molecule has 0 saturated carbocycles. The number of nitrogens with one attached hydrogen (secondary N) is 1. The molecular formula is C19H16ClNO3. The standard InChI is InChI=1S/C19H16ClNO3/c20-16-10-9-13(12-5-2-1-3-6-12)11-17(16)21-18(22)14-7-4-8-15(14)19(23)24/h1-3,5-6,9-11H,4,7-8H2,(H,21,22)(H,23,24). The number of hydrogen-bond donors (Lipinski definition) is 2. The highest BCUT2D eigenvalue weighted by Gasteiger charge is 2.25. The minimum Gasteiger partial charge on any atom is -0.478 e. The number of carboxylic acid groups (broad SMARTS) is 1. The number of hydrogen-bond acceptors (Lipinski definition) is 2. The van der Waals surface area contributed by atoms with Crippen molar-refractivity contribution in [2.75, 3.05) is 5.32 Å². The Morgan fingerprint density at radius 1 is 0.958 bits per heavy atom. The summed E-state index contributed by atoms with van der Waals surface area (Å²) in [6, 6.07) is 15.1. The van der Waals surface area contributed by atoms with E-state index in [2.05, 4.69) is 5.32 Å². The zero-order valence-corrected chi connectivity index (χ0v) is 13.6. The Labute approximate surface area is 144 Å². The summed E-state index contributed by atoms with van der Waals surface area (Å²) < 4.78 is 0. The van der Waals surface area contributed by atoms with E-state index in [1.54, 1.807) is 12.1 Å². The summed E-state index contributed by atoms with van der Waals surface area (Å²) in [5.74, 6) is -1.42. The molecule has 3 rings (SSSR count). The normalized spacial score (nSPS) is 13.9. The molecule has 0 saturated heterocycles. The molecule has 0 atom stereocenters. The van der Waals surface area contributed by atoms with Gasteiger partial charge in [-0.15, -0.1) is 0 Å². The Morgan fingerprint density at radius 2 is 1.67 bits per heavy atom. The van der Waals surface area contributed by atoms with E-state index in [4.69, 9.17) is 11.6 Å². The second-order valence-corrected chi connectivity index (χ2v) is 6.04. The van der Waals surface area contributed by atoms with Gasteiger partial charge in [0, 0.05) is 11.1 Å². The van der Waals surface area contributed by atoms with Crippen LogP contribution in [0.15, 0.2) is 59.7 Å². The van der Waals surface area contributed by atoms with E-state index in [1.807, 2.05) is 36.4 Å². The van der Waals surface area contributed by atoms with Gasteiger partial charge in [0.05, 0.1) is 10.7 Å². The van der Waals surface area contributed by atoms with Gasteiger partial charge in [-0.25, -0.2) is 4.79 Å². The maximum atomic E-state index is 12.4. The largest absolute Gasteiger partial charge is 0.478 e. The quantitative estimate of drug-likeness (QED) is 0.859. The number of halogens is 1. The lowest BCUT2D eigenvalue weighted by atomic mass is 10.0. The Morgan fingerprint density at radius 3 is 2.38 bits per heavy atom. The first-order valence-corrected chi connectivity index (χ1v) is 8.05. The van der Waals surface area contributed by atoms with Gasteiger partial charge < -0.3 is 10.4 Å². The number of carbonyl (C=O) groups is 2. The molecule has 1 amide bonds. The highest BCUT2D eigenvalue weighted by atomic mass is 35.5. The Hall–Kier alpha value is -2.59. The molecular weight excluding hydrogens is 326 g/mol. The van der Waals surface area contributed by atoms with Gasteiger partial charge in [0.25, 0.3) is 5.91 Å². The highest BCUT2D eigenvalue weighted by Crippen LogP contribution is 2.31. The van der Waals surface area contributed by atoms with Crippen LogP contribution in [0.5, 0.6) is 0 Å². The van der Waals surface area contributed by atoms with E-state index >= 15 is 0 Å². The molecule has 24 heavy (non-hydrogen) atoms. The summed E-state index contributed by atoms with van der Waals surface area (Å²) in [6.07, 6.45) is 1.58. The number of aliphatic carboxylic acids is 1. The number of amides is 1.